The number of rotatable bonds is 2. The number of hydrogen-bond acceptors (Lipinski definition) is 5. The lowest BCUT2D eigenvalue weighted by molar-refractivity contribution is 0.0127. The summed E-state index contributed by atoms with van der Waals surface area (Å²) in [5, 5.41) is 0.506. The van der Waals surface area contributed by atoms with Crippen LogP contribution in [0.25, 0.3) is 10.9 Å². The van der Waals surface area contributed by atoms with Crippen LogP contribution in [0.1, 0.15) is 33.6 Å². The normalized spacial score (nSPS) is 16.0. The van der Waals surface area contributed by atoms with E-state index in [4.69, 9.17) is 9.47 Å². The van der Waals surface area contributed by atoms with Crippen LogP contribution in [-0.2, 0) is 4.74 Å². The lowest BCUT2D eigenvalue weighted by Gasteiger charge is -2.33. The predicted molar refractivity (Wildman–Crippen MR) is 93.8 cm³/mol. The van der Waals surface area contributed by atoms with Gasteiger partial charge < -0.3 is 19.4 Å². The molecule has 1 amide bonds. The van der Waals surface area contributed by atoms with Gasteiger partial charge in [-0.25, -0.2) is 9.78 Å². The van der Waals surface area contributed by atoms with Crippen LogP contribution >= 0.6 is 0 Å². The Kier molecular flexibility index (Phi) is 4.65. The van der Waals surface area contributed by atoms with Crippen LogP contribution in [0.3, 0.4) is 0 Å². The van der Waals surface area contributed by atoms with Gasteiger partial charge in [0.25, 0.3) is 5.56 Å². The number of likely N-dealkylation sites (tertiary alicyclic amines) is 1. The van der Waals surface area contributed by atoms with Crippen molar-refractivity contribution in [3.8, 4) is 5.75 Å². The van der Waals surface area contributed by atoms with Crippen molar-refractivity contribution >= 4 is 17.0 Å². The highest BCUT2D eigenvalue weighted by Gasteiger charge is 2.27. The van der Waals surface area contributed by atoms with Gasteiger partial charge in [-0.3, -0.25) is 4.79 Å². The van der Waals surface area contributed by atoms with Crippen LogP contribution in [0.4, 0.5) is 4.79 Å². The van der Waals surface area contributed by atoms with Crippen LogP contribution in [0.15, 0.2) is 29.3 Å². The van der Waals surface area contributed by atoms with Crippen LogP contribution in [0.5, 0.6) is 5.75 Å². The molecule has 1 aliphatic rings. The smallest absolute Gasteiger partial charge is 0.410 e. The molecule has 1 aromatic carbocycles. The third-order valence-corrected chi connectivity index (χ3v) is 4.01. The standard InChI is InChI=1S/C18H23N3O4/c1-18(2,3)25-17(23)21-8-6-12(7-9-21)24-13-4-5-15-14(10-13)16(22)20-11-19-15/h4-5,10-12H,6-9H2,1-3H3,(H,19,20,22). The molecular weight excluding hydrogens is 322 g/mol. The van der Waals surface area contributed by atoms with E-state index < -0.39 is 5.60 Å². The van der Waals surface area contributed by atoms with Crippen molar-refractivity contribution in [2.75, 3.05) is 13.1 Å². The van der Waals surface area contributed by atoms with Gasteiger partial charge in [-0.15, -0.1) is 0 Å². The molecule has 1 aliphatic heterocycles. The van der Waals surface area contributed by atoms with E-state index in [2.05, 4.69) is 9.97 Å². The van der Waals surface area contributed by atoms with Gasteiger partial charge in [0, 0.05) is 25.9 Å². The molecule has 0 bridgehead atoms. The molecule has 1 N–H and O–H groups in total. The van der Waals surface area contributed by atoms with Gasteiger partial charge in [0.1, 0.15) is 17.5 Å². The second-order valence-electron chi connectivity index (χ2n) is 7.20. The third-order valence-electron chi connectivity index (χ3n) is 4.01. The average molecular weight is 345 g/mol. The predicted octanol–water partition coefficient (Wildman–Crippen LogP) is 2.70. The molecule has 3 rings (SSSR count). The summed E-state index contributed by atoms with van der Waals surface area (Å²) in [5.74, 6) is 0.640. The van der Waals surface area contributed by atoms with Crippen LogP contribution in [0.2, 0.25) is 0 Å². The molecule has 0 saturated carbocycles. The number of fused-ring (bicyclic) bond motifs is 1. The Morgan fingerprint density at radius 2 is 2.00 bits per heavy atom. The topological polar surface area (TPSA) is 84.5 Å². The molecule has 7 heteroatoms. The van der Waals surface area contributed by atoms with Crippen molar-refractivity contribution in [1.82, 2.24) is 14.9 Å². The van der Waals surface area contributed by atoms with Gasteiger partial charge in [-0.2, -0.15) is 0 Å². The maximum Gasteiger partial charge on any atom is 0.410 e. The summed E-state index contributed by atoms with van der Waals surface area (Å²) in [7, 11) is 0. The first kappa shape index (κ1) is 17.3. The van der Waals surface area contributed by atoms with E-state index in [1.165, 1.54) is 6.33 Å². The molecule has 0 atom stereocenters. The van der Waals surface area contributed by atoms with Crippen molar-refractivity contribution in [3.05, 3.63) is 34.9 Å². The van der Waals surface area contributed by atoms with Crippen molar-refractivity contribution in [2.45, 2.75) is 45.3 Å². The average Bonchev–Trinajstić information content (AvgIpc) is 2.55. The van der Waals surface area contributed by atoms with Crippen molar-refractivity contribution in [2.24, 2.45) is 0 Å². The van der Waals surface area contributed by atoms with E-state index in [9.17, 15) is 9.59 Å². The minimum Gasteiger partial charge on any atom is -0.490 e. The number of H-pyrrole nitrogens is 1. The summed E-state index contributed by atoms with van der Waals surface area (Å²) in [4.78, 5) is 32.3. The molecule has 25 heavy (non-hydrogen) atoms. The lowest BCUT2D eigenvalue weighted by Crippen LogP contribution is -2.44. The summed E-state index contributed by atoms with van der Waals surface area (Å²) < 4.78 is 11.4. The molecule has 0 radical (unpaired) electrons. The molecule has 7 nitrogen and oxygen atoms in total. The molecule has 2 aromatic rings. The zero-order valence-corrected chi connectivity index (χ0v) is 14.7. The van der Waals surface area contributed by atoms with E-state index in [0.717, 1.165) is 12.8 Å². The molecule has 1 saturated heterocycles. The molecule has 0 aliphatic carbocycles. The maximum absolute atomic E-state index is 12.1. The Hall–Kier alpha value is -2.57. The number of carbonyl (C=O) groups excluding carboxylic acids is 1. The van der Waals surface area contributed by atoms with E-state index >= 15 is 0 Å². The highest BCUT2D eigenvalue weighted by molar-refractivity contribution is 5.78. The minimum absolute atomic E-state index is 0.00638. The summed E-state index contributed by atoms with van der Waals surface area (Å²) in [6, 6.07) is 5.30. The SMILES string of the molecule is CC(C)(C)OC(=O)N1CCC(Oc2ccc3nc[nH]c(=O)c3c2)CC1. The number of nitrogens with zero attached hydrogens (tertiary/aromatic N) is 2. The van der Waals surface area contributed by atoms with E-state index in [0.29, 0.717) is 29.7 Å². The van der Waals surface area contributed by atoms with Crippen molar-refractivity contribution < 1.29 is 14.3 Å². The maximum atomic E-state index is 12.1. The first-order valence-electron chi connectivity index (χ1n) is 8.44. The Balaban J connectivity index is 1.60. The van der Waals surface area contributed by atoms with Gasteiger partial charge >= 0.3 is 6.09 Å². The Labute approximate surface area is 146 Å². The summed E-state index contributed by atoms with van der Waals surface area (Å²) >= 11 is 0. The van der Waals surface area contributed by atoms with Crippen molar-refractivity contribution in [1.29, 1.82) is 0 Å². The molecule has 134 valence electrons. The Morgan fingerprint density at radius 1 is 1.28 bits per heavy atom. The lowest BCUT2D eigenvalue weighted by atomic mass is 10.1. The molecule has 1 aromatic heterocycles. The highest BCUT2D eigenvalue weighted by atomic mass is 16.6. The number of aromatic amines is 1. The monoisotopic (exact) mass is 345 g/mol. The largest absolute Gasteiger partial charge is 0.490 e. The summed E-state index contributed by atoms with van der Waals surface area (Å²) in [6.45, 7) is 6.76. The fourth-order valence-corrected chi connectivity index (χ4v) is 2.80. The van der Waals surface area contributed by atoms with Gasteiger partial charge in [0.15, 0.2) is 0 Å². The number of hydrogen-bond donors (Lipinski definition) is 1. The molecular formula is C18H23N3O4. The van der Waals surface area contributed by atoms with Gasteiger partial charge in [-0.1, -0.05) is 0 Å². The van der Waals surface area contributed by atoms with E-state index in [-0.39, 0.29) is 17.8 Å². The molecule has 0 spiro atoms. The second-order valence-corrected chi connectivity index (χ2v) is 7.20. The Bertz CT molecular complexity index is 817. The van der Waals surface area contributed by atoms with E-state index in [1.807, 2.05) is 26.8 Å². The Morgan fingerprint density at radius 3 is 2.68 bits per heavy atom. The van der Waals surface area contributed by atoms with Crippen LogP contribution in [-0.4, -0.2) is 45.8 Å². The first-order valence-corrected chi connectivity index (χ1v) is 8.44. The minimum atomic E-state index is -0.489. The summed E-state index contributed by atoms with van der Waals surface area (Å²) in [5.41, 5.74) is -0.0394. The molecule has 2 heterocycles. The van der Waals surface area contributed by atoms with Gasteiger partial charge in [0.05, 0.1) is 17.2 Å². The second kappa shape index (κ2) is 6.74. The summed E-state index contributed by atoms with van der Waals surface area (Å²) in [6.07, 6.45) is 2.56. The van der Waals surface area contributed by atoms with Gasteiger partial charge in [0.2, 0.25) is 0 Å². The van der Waals surface area contributed by atoms with Gasteiger partial charge in [-0.05, 0) is 39.0 Å². The number of piperidine rings is 1. The number of benzene rings is 1. The number of amides is 1. The van der Waals surface area contributed by atoms with Crippen LogP contribution < -0.4 is 10.3 Å². The number of ether oxygens (including phenoxy) is 2. The fraction of sp³-hybridized carbons (Fsp3) is 0.500. The zero-order chi connectivity index (χ0) is 18.0. The van der Waals surface area contributed by atoms with E-state index in [1.54, 1.807) is 17.0 Å². The van der Waals surface area contributed by atoms with Crippen molar-refractivity contribution in [3.63, 3.8) is 0 Å². The number of carbonyl (C=O) groups is 1. The highest BCUT2D eigenvalue weighted by Crippen LogP contribution is 2.22. The number of aromatic nitrogens is 2. The third kappa shape index (κ3) is 4.29. The quantitative estimate of drug-likeness (QED) is 0.904. The fourth-order valence-electron chi connectivity index (χ4n) is 2.80. The first-order chi connectivity index (χ1) is 11.8. The molecule has 0 unspecified atom stereocenters. The van der Waals surface area contributed by atoms with Crippen LogP contribution in [0, 0.1) is 0 Å². The molecule has 1 fully saturated rings. The number of nitrogens with one attached hydrogen (secondary N) is 1. The zero-order valence-electron chi connectivity index (χ0n) is 14.7.